The third-order valence-corrected chi connectivity index (χ3v) is 7.80. The van der Waals surface area contributed by atoms with E-state index in [4.69, 9.17) is 0 Å². The van der Waals surface area contributed by atoms with Gasteiger partial charge in [0.15, 0.2) is 0 Å². The van der Waals surface area contributed by atoms with Crippen molar-refractivity contribution >= 4 is 33.6 Å². The Hall–Kier alpha value is -8.44. The summed E-state index contributed by atoms with van der Waals surface area (Å²) in [7, 11) is 3.79. The predicted octanol–water partition coefficient (Wildman–Crippen LogP) is 5.95. The topological polar surface area (TPSA) is 194 Å². The van der Waals surface area contributed by atoms with Crippen molar-refractivity contribution in [1.29, 1.82) is 42.1 Å². The molecule has 4 rings (SSSR count). The van der Waals surface area contributed by atoms with Gasteiger partial charge in [-0.1, -0.05) is 91.0 Å². The summed E-state index contributed by atoms with van der Waals surface area (Å²) in [5.41, 5.74) is 2.88. The minimum absolute atomic E-state index is 0.0719. The lowest BCUT2D eigenvalue weighted by Crippen LogP contribution is -2.15. The van der Waals surface area contributed by atoms with E-state index in [0.717, 1.165) is 5.69 Å². The number of benzene rings is 4. The number of hydrogen-bond donors (Lipinski definition) is 0. The molecule has 0 aliphatic carbocycles. The van der Waals surface area contributed by atoms with Gasteiger partial charge in [0.1, 0.15) is 70.8 Å². The summed E-state index contributed by atoms with van der Waals surface area (Å²) in [4.78, 5) is 1.93. The average molecular weight is 654 g/mol. The second-order valence-electron chi connectivity index (χ2n) is 10.9. The van der Waals surface area contributed by atoms with Crippen LogP contribution in [0.1, 0.15) is 22.3 Å². The van der Waals surface area contributed by atoms with Crippen molar-refractivity contribution in [3.63, 3.8) is 0 Å². The van der Waals surface area contributed by atoms with Crippen LogP contribution in [0.2, 0.25) is 0 Å². The van der Waals surface area contributed by atoms with Gasteiger partial charge in [-0.05, 0) is 45.2 Å². The SMILES string of the molecule is CN(C)c1ccc(C(C(=C(C#N)C#N)c2ccc(C(=C(C#N)C#N)C(=C(C#N)C#N)c3ccccc3)cc2)=c2ccc(=C(C#N)C#N)cc2)cc1. The normalized spacial score (nSPS) is 9.22. The van der Waals surface area contributed by atoms with Crippen molar-refractivity contribution in [2.45, 2.75) is 0 Å². The molecule has 236 valence electrons. The summed E-state index contributed by atoms with van der Waals surface area (Å²) >= 11 is 0. The minimum Gasteiger partial charge on any atom is -0.378 e. The van der Waals surface area contributed by atoms with Crippen molar-refractivity contribution in [3.8, 4) is 48.6 Å². The molecule has 0 atom stereocenters. The molecule has 9 heteroatoms. The lowest BCUT2D eigenvalue weighted by molar-refractivity contribution is 1.13. The van der Waals surface area contributed by atoms with Gasteiger partial charge in [0, 0.05) is 41.7 Å². The summed E-state index contributed by atoms with van der Waals surface area (Å²) in [6, 6.07) is 44.4. The van der Waals surface area contributed by atoms with Crippen LogP contribution in [0, 0.1) is 90.6 Å². The van der Waals surface area contributed by atoms with Crippen LogP contribution in [0.4, 0.5) is 5.69 Å². The molecule has 51 heavy (non-hydrogen) atoms. The highest BCUT2D eigenvalue weighted by Gasteiger charge is 2.23. The maximum absolute atomic E-state index is 10.2. The molecule has 0 radical (unpaired) electrons. The van der Waals surface area contributed by atoms with Gasteiger partial charge < -0.3 is 4.90 Å². The number of hydrogen-bond acceptors (Lipinski definition) is 9. The molecule has 0 N–H and O–H groups in total. The molecule has 0 heterocycles. The predicted molar refractivity (Wildman–Crippen MR) is 191 cm³/mol. The number of allylic oxidation sites excluding steroid dienone is 6. The second kappa shape index (κ2) is 16.4. The molecule has 0 aromatic heterocycles. The van der Waals surface area contributed by atoms with E-state index in [1.54, 1.807) is 78.9 Å². The molecule has 0 amide bonds. The van der Waals surface area contributed by atoms with Crippen LogP contribution in [-0.4, -0.2) is 14.1 Å². The van der Waals surface area contributed by atoms with Crippen LogP contribution >= 0.6 is 0 Å². The molecule has 4 aromatic rings. The van der Waals surface area contributed by atoms with Crippen LogP contribution in [0.25, 0.3) is 27.9 Å². The van der Waals surface area contributed by atoms with E-state index >= 15 is 0 Å². The molecule has 0 spiro atoms. The van der Waals surface area contributed by atoms with E-state index < -0.39 is 0 Å². The molecule has 0 fully saturated rings. The van der Waals surface area contributed by atoms with Gasteiger partial charge in [-0.15, -0.1) is 0 Å². The summed E-state index contributed by atoms with van der Waals surface area (Å²) in [6.45, 7) is 0. The van der Waals surface area contributed by atoms with Crippen LogP contribution < -0.4 is 15.3 Å². The molecule has 0 bridgehead atoms. The Morgan fingerprint density at radius 3 is 1.18 bits per heavy atom. The monoisotopic (exact) mass is 653 g/mol. The number of nitrogens with zero attached hydrogens (tertiary/aromatic N) is 9. The highest BCUT2D eigenvalue weighted by atomic mass is 15.1. The lowest BCUT2D eigenvalue weighted by atomic mass is 9.84. The fourth-order valence-electron chi connectivity index (χ4n) is 5.40. The van der Waals surface area contributed by atoms with Crippen molar-refractivity contribution in [2.24, 2.45) is 0 Å². The van der Waals surface area contributed by atoms with Crippen molar-refractivity contribution in [2.75, 3.05) is 19.0 Å². The van der Waals surface area contributed by atoms with Gasteiger partial charge in [0.2, 0.25) is 0 Å². The van der Waals surface area contributed by atoms with Gasteiger partial charge in [-0.3, -0.25) is 0 Å². The first-order chi connectivity index (χ1) is 24.8. The van der Waals surface area contributed by atoms with Crippen LogP contribution in [0.3, 0.4) is 0 Å². The molecule has 0 unspecified atom stereocenters. The zero-order valence-corrected chi connectivity index (χ0v) is 27.3. The second-order valence-corrected chi connectivity index (χ2v) is 10.9. The Morgan fingerprint density at radius 1 is 0.392 bits per heavy atom. The van der Waals surface area contributed by atoms with Crippen molar-refractivity contribution in [3.05, 3.63) is 153 Å². The molecule has 0 aliphatic rings. The Kier molecular flexibility index (Phi) is 11.4. The molecular formula is C42H23N9. The first kappa shape index (κ1) is 35.4. The quantitative estimate of drug-likeness (QED) is 0.171. The standard InChI is InChI=1S/C42H23N9/c1-51(2)38-18-16-33(17-19-38)39(30-10-8-28(9-11-30)34(20-43)21-44)41(36(24-47)25-48)31-12-14-32(15-13-31)42(37(26-49)27-50)40(35(22-45)23-46)29-6-4-3-5-7-29/h3-19H,1-2H3. The largest absolute Gasteiger partial charge is 0.378 e. The minimum atomic E-state index is -0.325. The van der Waals surface area contributed by atoms with E-state index in [2.05, 4.69) is 0 Å². The maximum atomic E-state index is 10.2. The third-order valence-electron chi connectivity index (χ3n) is 7.80. The Balaban J connectivity index is 2.10. The van der Waals surface area contributed by atoms with Gasteiger partial charge >= 0.3 is 0 Å². The summed E-state index contributed by atoms with van der Waals surface area (Å²) in [6.07, 6.45) is 0. The van der Waals surface area contributed by atoms with Gasteiger partial charge in [0.05, 0.1) is 0 Å². The molecule has 4 aromatic carbocycles. The number of rotatable bonds is 7. The number of nitriles is 8. The van der Waals surface area contributed by atoms with E-state index in [1.807, 2.05) is 91.8 Å². The highest BCUT2D eigenvalue weighted by molar-refractivity contribution is 6.12. The molecule has 0 saturated carbocycles. The maximum Gasteiger partial charge on any atom is 0.138 e. The Morgan fingerprint density at radius 2 is 0.765 bits per heavy atom. The average Bonchev–Trinajstić information content (AvgIpc) is 3.18. The molecular weight excluding hydrogens is 631 g/mol. The van der Waals surface area contributed by atoms with E-state index in [-0.39, 0.29) is 39.0 Å². The Labute approximate surface area is 295 Å². The van der Waals surface area contributed by atoms with Crippen LogP contribution in [-0.2, 0) is 0 Å². The first-order valence-electron chi connectivity index (χ1n) is 15.0. The zero-order valence-electron chi connectivity index (χ0n) is 27.3. The van der Waals surface area contributed by atoms with Crippen molar-refractivity contribution in [1.82, 2.24) is 0 Å². The molecule has 9 nitrogen and oxygen atoms in total. The fourth-order valence-corrected chi connectivity index (χ4v) is 5.40. The highest BCUT2D eigenvalue weighted by Crippen LogP contribution is 2.38. The summed E-state index contributed by atoms with van der Waals surface area (Å²) in [5.74, 6) is 0. The van der Waals surface area contributed by atoms with Gasteiger partial charge in [-0.2, -0.15) is 42.1 Å². The van der Waals surface area contributed by atoms with Gasteiger partial charge in [0.25, 0.3) is 0 Å². The zero-order chi connectivity index (χ0) is 36.9. The number of anilines is 1. The Bertz CT molecular complexity index is 2510. The first-order valence-corrected chi connectivity index (χ1v) is 15.0. The van der Waals surface area contributed by atoms with Crippen molar-refractivity contribution < 1.29 is 0 Å². The lowest BCUT2D eigenvalue weighted by Gasteiger charge is -2.18. The van der Waals surface area contributed by atoms with E-state index in [9.17, 15) is 42.1 Å². The van der Waals surface area contributed by atoms with Crippen LogP contribution in [0.5, 0.6) is 0 Å². The molecule has 0 saturated heterocycles. The fraction of sp³-hybridized carbons (Fsp3) is 0.0476. The van der Waals surface area contributed by atoms with E-state index in [0.29, 0.717) is 38.3 Å². The van der Waals surface area contributed by atoms with Gasteiger partial charge in [-0.25, -0.2) is 0 Å². The summed E-state index contributed by atoms with van der Waals surface area (Å²) in [5, 5.41) is 80.0. The smallest absolute Gasteiger partial charge is 0.138 e. The van der Waals surface area contributed by atoms with Crippen LogP contribution in [0.15, 0.2) is 120 Å². The third kappa shape index (κ3) is 7.43. The summed E-state index contributed by atoms with van der Waals surface area (Å²) < 4.78 is 0. The van der Waals surface area contributed by atoms with E-state index in [1.165, 1.54) is 0 Å². The molecule has 0 aliphatic heterocycles.